The lowest BCUT2D eigenvalue weighted by molar-refractivity contribution is 0.108. The number of hydrazine groups is 1. The molecule has 1 atom stereocenters. The molecule has 0 aromatic carbocycles. The average Bonchev–Trinajstić information content (AvgIpc) is 2.18. The Morgan fingerprint density at radius 1 is 1.53 bits per heavy atom. The number of nitrogens with zero attached hydrogens (tertiary/aromatic N) is 2. The van der Waals surface area contributed by atoms with Crippen molar-refractivity contribution in [2.75, 3.05) is 0 Å². The quantitative estimate of drug-likeness (QED) is 0.450. The summed E-state index contributed by atoms with van der Waals surface area (Å²) in [6.07, 6.45) is 0.472. The Morgan fingerprint density at radius 2 is 2.20 bits per heavy atom. The van der Waals surface area contributed by atoms with Gasteiger partial charge in [0, 0.05) is 6.20 Å². The first-order chi connectivity index (χ1) is 7.04. The summed E-state index contributed by atoms with van der Waals surface area (Å²) in [5.74, 6) is 5.56. The van der Waals surface area contributed by atoms with E-state index in [-0.39, 0.29) is 5.92 Å². The van der Waals surface area contributed by atoms with Crippen molar-refractivity contribution >= 4 is 6.09 Å². The molecule has 0 aliphatic rings. The third-order valence-corrected chi connectivity index (χ3v) is 2.14. The number of aromatic nitrogens is 1. The van der Waals surface area contributed by atoms with Gasteiger partial charge in [-0.1, -0.05) is 19.9 Å². The molecule has 0 radical (unpaired) electrons. The Balaban J connectivity index is 2.99. The van der Waals surface area contributed by atoms with Crippen LogP contribution in [0.15, 0.2) is 24.4 Å². The zero-order valence-electron chi connectivity index (χ0n) is 8.79. The van der Waals surface area contributed by atoms with Crippen LogP contribution in [-0.2, 0) is 0 Å². The number of pyridine rings is 1. The summed E-state index contributed by atoms with van der Waals surface area (Å²) >= 11 is 0. The highest BCUT2D eigenvalue weighted by molar-refractivity contribution is 5.64. The second kappa shape index (κ2) is 4.75. The fourth-order valence-corrected chi connectivity index (χ4v) is 1.48. The molecule has 1 amide bonds. The summed E-state index contributed by atoms with van der Waals surface area (Å²) in [4.78, 5) is 14.9. The van der Waals surface area contributed by atoms with E-state index in [4.69, 9.17) is 10.9 Å². The highest BCUT2D eigenvalue weighted by Crippen LogP contribution is 2.24. The van der Waals surface area contributed by atoms with Crippen molar-refractivity contribution < 1.29 is 9.90 Å². The maximum absolute atomic E-state index is 10.8. The van der Waals surface area contributed by atoms with Crippen LogP contribution < -0.4 is 5.84 Å². The molecule has 1 heterocycles. The smallest absolute Gasteiger partial charge is 0.422 e. The Bertz CT molecular complexity index is 327. The molecule has 0 spiro atoms. The number of hydrogen-bond donors (Lipinski definition) is 2. The summed E-state index contributed by atoms with van der Waals surface area (Å²) in [5.41, 5.74) is 0.664. The predicted octanol–water partition coefficient (Wildman–Crippen LogP) is 1.63. The first-order valence-electron chi connectivity index (χ1n) is 4.71. The SMILES string of the molecule is CC(C)C(c1ccccn1)N(N)C(=O)O. The van der Waals surface area contributed by atoms with Crippen molar-refractivity contribution in [3.63, 3.8) is 0 Å². The Kier molecular flexibility index (Phi) is 3.62. The van der Waals surface area contributed by atoms with Gasteiger partial charge in [0.2, 0.25) is 0 Å². The summed E-state index contributed by atoms with van der Waals surface area (Å²) in [7, 11) is 0. The molecule has 0 aliphatic heterocycles. The number of rotatable bonds is 3. The van der Waals surface area contributed by atoms with E-state index in [1.54, 1.807) is 18.3 Å². The number of carboxylic acid groups (broad SMARTS) is 1. The fraction of sp³-hybridized carbons (Fsp3) is 0.400. The summed E-state index contributed by atoms with van der Waals surface area (Å²) in [6, 6.07) is 4.95. The lowest BCUT2D eigenvalue weighted by atomic mass is 10.00. The molecule has 1 rings (SSSR count). The van der Waals surface area contributed by atoms with Crippen LogP contribution in [0.25, 0.3) is 0 Å². The summed E-state index contributed by atoms with van der Waals surface area (Å²) in [5, 5.41) is 9.63. The van der Waals surface area contributed by atoms with Crippen molar-refractivity contribution in [3.8, 4) is 0 Å². The maximum Gasteiger partial charge on any atom is 0.422 e. The monoisotopic (exact) mass is 209 g/mol. The number of nitrogens with two attached hydrogens (primary N) is 1. The standard InChI is InChI=1S/C10H15N3O2/c1-7(2)9(13(11)10(14)15)8-5-3-4-6-12-8/h3-7,9H,11H2,1-2H3,(H,14,15). The molecule has 0 bridgehead atoms. The minimum atomic E-state index is -1.15. The minimum absolute atomic E-state index is 0.0704. The third kappa shape index (κ3) is 2.66. The fourth-order valence-electron chi connectivity index (χ4n) is 1.48. The molecule has 15 heavy (non-hydrogen) atoms. The molecular weight excluding hydrogens is 194 g/mol. The Hall–Kier alpha value is -1.62. The molecule has 5 nitrogen and oxygen atoms in total. The first kappa shape index (κ1) is 11.5. The second-order valence-electron chi connectivity index (χ2n) is 3.63. The molecule has 5 heteroatoms. The minimum Gasteiger partial charge on any atom is -0.464 e. The van der Waals surface area contributed by atoms with Gasteiger partial charge in [-0.3, -0.25) is 4.98 Å². The average molecular weight is 209 g/mol. The summed E-state index contributed by atoms with van der Waals surface area (Å²) in [6.45, 7) is 3.81. The van der Waals surface area contributed by atoms with E-state index in [2.05, 4.69) is 4.98 Å². The number of hydrogen-bond acceptors (Lipinski definition) is 3. The van der Waals surface area contributed by atoms with Crippen LogP contribution in [0.5, 0.6) is 0 Å². The molecule has 0 aliphatic carbocycles. The van der Waals surface area contributed by atoms with Crippen LogP contribution >= 0.6 is 0 Å². The van der Waals surface area contributed by atoms with Crippen molar-refractivity contribution in [2.45, 2.75) is 19.9 Å². The van der Waals surface area contributed by atoms with Gasteiger partial charge in [0.15, 0.2) is 0 Å². The van der Waals surface area contributed by atoms with E-state index in [9.17, 15) is 4.79 Å². The van der Waals surface area contributed by atoms with Crippen LogP contribution in [0.2, 0.25) is 0 Å². The van der Waals surface area contributed by atoms with Crippen molar-refractivity contribution in [3.05, 3.63) is 30.1 Å². The van der Waals surface area contributed by atoms with Gasteiger partial charge in [0.05, 0.1) is 11.7 Å². The van der Waals surface area contributed by atoms with E-state index in [1.807, 2.05) is 19.9 Å². The van der Waals surface area contributed by atoms with Crippen LogP contribution in [0.1, 0.15) is 25.6 Å². The van der Waals surface area contributed by atoms with Crippen molar-refractivity contribution in [2.24, 2.45) is 11.8 Å². The lowest BCUT2D eigenvalue weighted by Gasteiger charge is -2.27. The van der Waals surface area contributed by atoms with Gasteiger partial charge in [-0.15, -0.1) is 0 Å². The van der Waals surface area contributed by atoms with Crippen molar-refractivity contribution in [1.82, 2.24) is 9.99 Å². The van der Waals surface area contributed by atoms with E-state index in [0.29, 0.717) is 5.69 Å². The molecule has 0 fully saturated rings. The Labute approximate surface area is 88.5 Å². The van der Waals surface area contributed by atoms with Crippen LogP contribution in [0.4, 0.5) is 4.79 Å². The molecule has 1 aromatic rings. The van der Waals surface area contributed by atoms with E-state index >= 15 is 0 Å². The van der Waals surface area contributed by atoms with E-state index < -0.39 is 12.1 Å². The lowest BCUT2D eigenvalue weighted by Crippen LogP contribution is -2.42. The first-order valence-corrected chi connectivity index (χ1v) is 4.71. The van der Waals surface area contributed by atoms with E-state index in [1.165, 1.54) is 0 Å². The second-order valence-corrected chi connectivity index (χ2v) is 3.63. The molecule has 1 unspecified atom stereocenters. The molecule has 3 N–H and O–H groups in total. The third-order valence-electron chi connectivity index (χ3n) is 2.14. The van der Waals surface area contributed by atoms with Gasteiger partial charge in [-0.25, -0.2) is 15.6 Å². The normalized spacial score (nSPS) is 12.5. The van der Waals surface area contributed by atoms with Gasteiger partial charge in [0.25, 0.3) is 0 Å². The summed E-state index contributed by atoms with van der Waals surface area (Å²) < 4.78 is 0. The van der Waals surface area contributed by atoms with E-state index in [0.717, 1.165) is 5.01 Å². The van der Waals surface area contributed by atoms with Gasteiger partial charge in [-0.2, -0.15) is 0 Å². The topological polar surface area (TPSA) is 79.5 Å². The predicted molar refractivity (Wildman–Crippen MR) is 55.9 cm³/mol. The zero-order chi connectivity index (χ0) is 11.4. The molecule has 0 saturated carbocycles. The van der Waals surface area contributed by atoms with Crippen LogP contribution in [0.3, 0.4) is 0 Å². The van der Waals surface area contributed by atoms with Crippen LogP contribution in [-0.4, -0.2) is 21.2 Å². The molecular formula is C10H15N3O2. The van der Waals surface area contributed by atoms with Gasteiger partial charge in [0.1, 0.15) is 0 Å². The highest BCUT2D eigenvalue weighted by atomic mass is 16.4. The van der Waals surface area contributed by atoms with Gasteiger partial charge >= 0.3 is 6.09 Å². The van der Waals surface area contributed by atoms with Gasteiger partial charge in [-0.05, 0) is 18.1 Å². The van der Waals surface area contributed by atoms with Crippen LogP contribution in [0, 0.1) is 5.92 Å². The van der Waals surface area contributed by atoms with Gasteiger partial charge < -0.3 is 5.11 Å². The highest BCUT2D eigenvalue weighted by Gasteiger charge is 2.25. The molecule has 82 valence electrons. The molecule has 1 aromatic heterocycles. The number of carbonyl (C=O) groups is 1. The number of amides is 1. The Morgan fingerprint density at radius 3 is 2.60 bits per heavy atom. The maximum atomic E-state index is 10.8. The molecule has 0 saturated heterocycles. The zero-order valence-corrected chi connectivity index (χ0v) is 8.79. The van der Waals surface area contributed by atoms with Crippen molar-refractivity contribution in [1.29, 1.82) is 0 Å². The largest absolute Gasteiger partial charge is 0.464 e.